The lowest BCUT2D eigenvalue weighted by atomic mass is 9.95. The molecule has 1 atom stereocenters. The Morgan fingerprint density at radius 2 is 1.30 bits per heavy atom. The minimum atomic E-state index is -1.25. The number of hydrogen-bond donors (Lipinski definition) is 1. The van der Waals surface area contributed by atoms with Crippen LogP contribution >= 0.6 is 0 Å². The first-order valence-electron chi connectivity index (χ1n) is 8.53. The highest BCUT2D eigenvalue weighted by molar-refractivity contribution is 5.85. The second kappa shape index (κ2) is 8.38. The van der Waals surface area contributed by atoms with Gasteiger partial charge in [0, 0.05) is 5.56 Å². The van der Waals surface area contributed by atoms with Crippen molar-refractivity contribution in [3.05, 3.63) is 90.5 Å². The number of nitrogens with one attached hydrogen (secondary N) is 1. The summed E-state index contributed by atoms with van der Waals surface area (Å²) < 4.78 is 11.8. The number of rotatable bonds is 7. The molecule has 1 N–H and O–H groups in total. The highest BCUT2D eigenvalue weighted by Gasteiger charge is 2.38. The molecule has 0 heterocycles. The monoisotopic (exact) mass is 363 g/mol. The molecule has 0 saturated carbocycles. The van der Waals surface area contributed by atoms with E-state index in [-0.39, 0.29) is 0 Å². The zero-order valence-corrected chi connectivity index (χ0v) is 15.2. The van der Waals surface area contributed by atoms with Crippen LogP contribution in [-0.4, -0.2) is 13.0 Å². The van der Waals surface area contributed by atoms with Gasteiger partial charge in [-0.25, -0.2) is 5.48 Å². The lowest BCUT2D eigenvalue weighted by Gasteiger charge is -2.29. The maximum atomic E-state index is 12.6. The normalized spacial score (nSPS) is 12.7. The van der Waals surface area contributed by atoms with Gasteiger partial charge in [-0.15, -0.1) is 0 Å². The molecule has 0 radical (unpaired) electrons. The lowest BCUT2D eigenvalue weighted by molar-refractivity contribution is -0.147. The van der Waals surface area contributed by atoms with Crippen molar-refractivity contribution in [3.8, 4) is 17.2 Å². The van der Waals surface area contributed by atoms with E-state index in [0.717, 1.165) is 5.75 Å². The third kappa shape index (κ3) is 4.46. The third-order valence-corrected chi connectivity index (χ3v) is 4.08. The van der Waals surface area contributed by atoms with Crippen molar-refractivity contribution in [1.29, 1.82) is 0 Å². The van der Waals surface area contributed by atoms with Crippen LogP contribution in [0.4, 0.5) is 0 Å². The first-order valence-corrected chi connectivity index (χ1v) is 8.53. The topological polar surface area (TPSA) is 56.8 Å². The van der Waals surface area contributed by atoms with E-state index in [1.54, 1.807) is 31.2 Å². The molecule has 3 rings (SSSR count). The molecule has 0 aromatic heterocycles. The molecule has 0 saturated heterocycles. The van der Waals surface area contributed by atoms with Crippen LogP contribution in [0.15, 0.2) is 84.9 Å². The van der Waals surface area contributed by atoms with Gasteiger partial charge in [-0.05, 0) is 43.3 Å². The van der Waals surface area contributed by atoms with Crippen LogP contribution in [0.25, 0.3) is 0 Å². The summed E-state index contributed by atoms with van der Waals surface area (Å²) in [6.07, 6.45) is 0. The Morgan fingerprint density at radius 1 is 0.778 bits per heavy atom. The van der Waals surface area contributed by atoms with E-state index in [2.05, 4.69) is 5.48 Å². The van der Waals surface area contributed by atoms with Gasteiger partial charge in [-0.2, -0.15) is 0 Å². The fourth-order valence-corrected chi connectivity index (χ4v) is 2.62. The molecule has 5 nitrogen and oxygen atoms in total. The molecule has 0 spiro atoms. The minimum Gasteiger partial charge on any atom is -0.473 e. The summed E-state index contributed by atoms with van der Waals surface area (Å²) in [5.41, 5.74) is 1.82. The van der Waals surface area contributed by atoms with E-state index in [4.69, 9.17) is 14.3 Å². The van der Waals surface area contributed by atoms with E-state index < -0.39 is 11.5 Å². The van der Waals surface area contributed by atoms with Crippen LogP contribution in [0.3, 0.4) is 0 Å². The highest BCUT2D eigenvalue weighted by atomic mass is 16.6. The van der Waals surface area contributed by atoms with Crippen LogP contribution in [0.2, 0.25) is 0 Å². The van der Waals surface area contributed by atoms with E-state index in [9.17, 15) is 4.79 Å². The summed E-state index contributed by atoms with van der Waals surface area (Å²) in [7, 11) is 1.39. The highest BCUT2D eigenvalue weighted by Crippen LogP contribution is 2.30. The summed E-state index contributed by atoms with van der Waals surface area (Å²) in [5, 5.41) is 0. The van der Waals surface area contributed by atoms with E-state index in [1.807, 2.05) is 60.7 Å². The standard InChI is InChI=1S/C22H21NO4/c1-22(21(24)23-25-2,17-9-5-3-6-10-17)27-20-15-13-19(14-16-20)26-18-11-7-4-8-12-18/h3-16H,1-2H3,(H,23,24). The second-order valence-electron chi connectivity index (χ2n) is 6.02. The average Bonchev–Trinajstić information content (AvgIpc) is 2.71. The molecule has 3 aromatic rings. The summed E-state index contributed by atoms with van der Waals surface area (Å²) in [5.74, 6) is 1.56. The first kappa shape index (κ1) is 18.5. The predicted molar refractivity (Wildman–Crippen MR) is 103 cm³/mol. The summed E-state index contributed by atoms with van der Waals surface area (Å²) in [6, 6.07) is 25.9. The molecule has 0 fully saturated rings. The van der Waals surface area contributed by atoms with Crippen LogP contribution in [0.1, 0.15) is 12.5 Å². The number of carbonyl (C=O) groups is 1. The molecule has 1 unspecified atom stereocenters. The van der Waals surface area contributed by atoms with Gasteiger partial charge in [0.1, 0.15) is 17.2 Å². The van der Waals surface area contributed by atoms with Crippen LogP contribution in [0, 0.1) is 0 Å². The second-order valence-corrected chi connectivity index (χ2v) is 6.02. The maximum absolute atomic E-state index is 12.6. The molecule has 0 aliphatic carbocycles. The van der Waals surface area contributed by atoms with Gasteiger partial charge >= 0.3 is 0 Å². The van der Waals surface area contributed by atoms with Gasteiger partial charge in [-0.3, -0.25) is 9.63 Å². The molecule has 0 aliphatic rings. The van der Waals surface area contributed by atoms with Gasteiger partial charge in [0.2, 0.25) is 5.60 Å². The van der Waals surface area contributed by atoms with Crippen LogP contribution in [-0.2, 0) is 15.2 Å². The summed E-state index contributed by atoms with van der Waals surface area (Å²) >= 11 is 0. The van der Waals surface area contributed by atoms with Crippen molar-refractivity contribution in [2.45, 2.75) is 12.5 Å². The van der Waals surface area contributed by atoms with E-state index >= 15 is 0 Å². The Morgan fingerprint density at radius 3 is 1.89 bits per heavy atom. The number of carbonyl (C=O) groups excluding carboxylic acids is 1. The van der Waals surface area contributed by atoms with Crippen LogP contribution < -0.4 is 15.0 Å². The number of hydrogen-bond acceptors (Lipinski definition) is 4. The fraction of sp³-hybridized carbons (Fsp3) is 0.136. The number of hydroxylamine groups is 1. The molecule has 27 heavy (non-hydrogen) atoms. The molecular formula is C22H21NO4. The Kier molecular flexibility index (Phi) is 5.74. The number of ether oxygens (including phenoxy) is 2. The first-order chi connectivity index (χ1) is 13.1. The average molecular weight is 363 g/mol. The van der Waals surface area contributed by atoms with Gasteiger partial charge in [0.05, 0.1) is 7.11 Å². The van der Waals surface area contributed by atoms with Crippen LogP contribution in [0.5, 0.6) is 17.2 Å². The Labute approximate surface area is 158 Å². The van der Waals surface area contributed by atoms with Crippen molar-refractivity contribution in [1.82, 2.24) is 5.48 Å². The molecule has 138 valence electrons. The number of amides is 1. The van der Waals surface area contributed by atoms with Crippen molar-refractivity contribution in [2.75, 3.05) is 7.11 Å². The third-order valence-electron chi connectivity index (χ3n) is 4.08. The number of para-hydroxylation sites is 1. The zero-order chi connectivity index (χ0) is 19.1. The smallest absolute Gasteiger partial charge is 0.292 e. The van der Waals surface area contributed by atoms with Crippen molar-refractivity contribution >= 4 is 5.91 Å². The van der Waals surface area contributed by atoms with Gasteiger partial charge < -0.3 is 9.47 Å². The van der Waals surface area contributed by atoms with E-state index in [1.165, 1.54) is 7.11 Å². The van der Waals surface area contributed by atoms with Gasteiger partial charge in [0.25, 0.3) is 5.91 Å². The van der Waals surface area contributed by atoms with Crippen molar-refractivity contribution < 1.29 is 19.1 Å². The molecule has 5 heteroatoms. The molecule has 0 aliphatic heterocycles. The molecule has 0 bridgehead atoms. The molecular weight excluding hydrogens is 342 g/mol. The predicted octanol–water partition coefficient (Wildman–Crippen LogP) is 4.45. The summed E-state index contributed by atoms with van der Waals surface area (Å²) in [6.45, 7) is 1.70. The molecule has 1 amide bonds. The van der Waals surface area contributed by atoms with Crippen molar-refractivity contribution in [2.24, 2.45) is 0 Å². The Balaban J connectivity index is 1.80. The maximum Gasteiger partial charge on any atom is 0.292 e. The van der Waals surface area contributed by atoms with Crippen molar-refractivity contribution in [3.63, 3.8) is 0 Å². The largest absolute Gasteiger partial charge is 0.473 e. The van der Waals surface area contributed by atoms with Gasteiger partial charge in [0.15, 0.2) is 0 Å². The Hall–Kier alpha value is -3.31. The SMILES string of the molecule is CONC(=O)C(C)(Oc1ccc(Oc2ccccc2)cc1)c1ccccc1. The van der Waals surface area contributed by atoms with E-state index in [0.29, 0.717) is 17.1 Å². The summed E-state index contributed by atoms with van der Waals surface area (Å²) in [4.78, 5) is 17.4. The zero-order valence-electron chi connectivity index (χ0n) is 15.2. The Bertz CT molecular complexity index is 866. The molecule has 3 aromatic carbocycles. The number of benzene rings is 3. The van der Waals surface area contributed by atoms with Gasteiger partial charge in [-0.1, -0.05) is 48.5 Å². The minimum absolute atomic E-state index is 0.402. The lowest BCUT2D eigenvalue weighted by Crippen LogP contribution is -2.46. The fourth-order valence-electron chi connectivity index (χ4n) is 2.62. The quantitative estimate of drug-likeness (QED) is 0.630.